The first-order valence-corrected chi connectivity index (χ1v) is 6.73. The van der Waals surface area contributed by atoms with Crippen LogP contribution in [0.5, 0.6) is 5.75 Å². The lowest BCUT2D eigenvalue weighted by molar-refractivity contribution is 0.315. The number of nitrogens with two attached hydrogens (primary N) is 1. The Bertz CT molecular complexity index is 497. The van der Waals surface area contributed by atoms with Crippen molar-refractivity contribution >= 4 is 15.9 Å². The quantitative estimate of drug-likeness (QED) is 0.911. The van der Waals surface area contributed by atoms with Crippen LogP contribution in [0.4, 0.5) is 0 Å². The topological polar surface area (TPSA) is 48.4 Å². The van der Waals surface area contributed by atoms with Gasteiger partial charge in [0.25, 0.3) is 0 Å². The van der Waals surface area contributed by atoms with E-state index in [4.69, 9.17) is 14.9 Å². The summed E-state index contributed by atoms with van der Waals surface area (Å²) in [6.45, 7) is 2.79. The molecule has 0 bridgehead atoms. The maximum absolute atomic E-state index is 6.12. The number of hydrogen-bond acceptors (Lipinski definition) is 3. The summed E-state index contributed by atoms with van der Waals surface area (Å²) in [5.74, 6) is 1.59. The second-order valence-corrected chi connectivity index (χ2v) is 4.89. The Hall–Kier alpha value is -1.26. The minimum absolute atomic E-state index is 0.253. The second-order valence-electron chi connectivity index (χ2n) is 4.03. The summed E-state index contributed by atoms with van der Waals surface area (Å²) in [5.41, 5.74) is 7.11. The molecule has 0 amide bonds. The van der Waals surface area contributed by atoms with Crippen molar-refractivity contribution in [3.05, 3.63) is 52.4 Å². The van der Waals surface area contributed by atoms with Gasteiger partial charge < -0.3 is 14.9 Å². The van der Waals surface area contributed by atoms with Crippen LogP contribution in [0.1, 0.15) is 30.7 Å². The zero-order valence-electron chi connectivity index (χ0n) is 10.2. The Morgan fingerprint density at radius 1 is 1.39 bits per heavy atom. The molecule has 0 spiro atoms. The number of ether oxygens (including phenoxy) is 1. The molecule has 2 rings (SSSR count). The largest absolute Gasteiger partial charge is 0.492 e. The maximum atomic E-state index is 6.12. The Balaban J connectivity index is 2.18. The molecule has 2 N–H and O–H groups in total. The van der Waals surface area contributed by atoms with E-state index in [1.54, 1.807) is 6.26 Å². The zero-order valence-corrected chi connectivity index (χ0v) is 11.8. The zero-order chi connectivity index (χ0) is 13.0. The van der Waals surface area contributed by atoms with Crippen molar-refractivity contribution in [1.29, 1.82) is 0 Å². The van der Waals surface area contributed by atoms with E-state index in [2.05, 4.69) is 22.9 Å². The van der Waals surface area contributed by atoms with Crippen molar-refractivity contribution in [2.24, 2.45) is 5.73 Å². The monoisotopic (exact) mass is 309 g/mol. The molecule has 3 nitrogen and oxygen atoms in total. The fourth-order valence-corrected chi connectivity index (χ4v) is 2.18. The molecule has 18 heavy (non-hydrogen) atoms. The number of halogens is 1. The highest BCUT2D eigenvalue weighted by Gasteiger charge is 2.13. The lowest BCUT2D eigenvalue weighted by atomic mass is 10.1. The van der Waals surface area contributed by atoms with Gasteiger partial charge in [-0.3, -0.25) is 0 Å². The van der Waals surface area contributed by atoms with Gasteiger partial charge in [-0.05, 0) is 52.2 Å². The third-order valence-electron chi connectivity index (χ3n) is 2.63. The highest BCUT2D eigenvalue weighted by molar-refractivity contribution is 9.10. The highest BCUT2D eigenvalue weighted by atomic mass is 79.9. The highest BCUT2D eigenvalue weighted by Crippen LogP contribution is 2.30. The van der Waals surface area contributed by atoms with E-state index in [1.807, 2.05) is 30.3 Å². The van der Waals surface area contributed by atoms with Crippen LogP contribution in [0.25, 0.3) is 0 Å². The fourth-order valence-electron chi connectivity index (χ4n) is 1.67. The van der Waals surface area contributed by atoms with Gasteiger partial charge in [-0.15, -0.1) is 0 Å². The van der Waals surface area contributed by atoms with Gasteiger partial charge in [0.1, 0.15) is 11.5 Å². The molecule has 96 valence electrons. The van der Waals surface area contributed by atoms with Crippen LogP contribution >= 0.6 is 15.9 Å². The van der Waals surface area contributed by atoms with E-state index in [0.717, 1.165) is 28.0 Å². The van der Waals surface area contributed by atoms with Crippen molar-refractivity contribution in [2.45, 2.75) is 19.4 Å². The molecule has 0 aliphatic rings. The van der Waals surface area contributed by atoms with Gasteiger partial charge in [-0.25, -0.2) is 0 Å². The van der Waals surface area contributed by atoms with Gasteiger partial charge >= 0.3 is 0 Å². The van der Waals surface area contributed by atoms with Crippen molar-refractivity contribution in [2.75, 3.05) is 6.61 Å². The van der Waals surface area contributed by atoms with E-state index in [-0.39, 0.29) is 6.04 Å². The van der Waals surface area contributed by atoms with Crippen molar-refractivity contribution in [1.82, 2.24) is 0 Å². The lowest BCUT2D eigenvalue weighted by Crippen LogP contribution is -2.11. The summed E-state index contributed by atoms with van der Waals surface area (Å²) in [6, 6.07) is 9.32. The van der Waals surface area contributed by atoms with Crippen LogP contribution in [-0.2, 0) is 0 Å². The van der Waals surface area contributed by atoms with Gasteiger partial charge in [0, 0.05) is 0 Å². The van der Waals surface area contributed by atoms with Crippen LogP contribution in [-0.4, -0.2) is 6.61 Å². The van der Waals surface area contributed by atoms with Gasteiger partial charge in [-0.2, -0.15) is 0 Å². The van der Waals surface area contributed by atoms with Crippen LogP contribution in [0.3, 0.4) is 0 Å². The molecule has 0 fully saturated rings. The van der Waals surface area contributed by atoms with Gasteiger partial charge in [0.2, 0.25) is 0 Å². The Morgan fingerprint density at radius 3 is 2.83 bits per heavy atom. The molecule has 2 aromatic rings. The van der Waals surface area contributed by atoms with E-state index < -0.39 is 0 Å². The molecule has 0 saturated heterocycles. The van der Waals surface area contributed by atoms with Gasteiger partial charge in [0.05, 0.1) is 23.4 Å². The third-order valence-corrected chi connectivity index (χ3v) is 3.25. The Kier molecular flexibility index (Phi) is 4.44. The molecule has 0 aliphatic carbocycles. The summed E-state index contributed by atoms with van der Waals surface area (Å²) < 4.78 is 11.8. The summed E-state index contributed by atoms with van der Waals surface area (Å²) in [6.07, 6.45) is 2.61. The van der Waals surface area contributed by atoms with Crippen LogP contribution in [0.2, 0.25) is 0 Å². The van der Waals surface area contributed by atoms with Crippen LogP contribution < -0.4 is 10.5 Å². The smallest absolute Gasteiger partial charge is 0.133 e. The van der Waals surface area contributed by atoms with E-state index in [9.17, 15) is 0 Å². The number of hydrogen-bond donors (Lipinski definition) is 1. The fraction of sp³-hybridized carbons (Fsp3) is 0.286. The van der Waals surface area contributed by atoms with Crippen molar-refractivity contribution in [3.63, 3.8) is 0 Å². The van der Waals surface area contributed by atoms with E-state index >= 15 is 0 Å². The lowest BCUT2D eigenvalue weighted by Gasteiger charge is -2.12. The molecule has 1 heterocycles. The SMILES string of the molecule is CCCOc1ccc(C(N)c2ccco2)cc1Br. The normalized spacial score (nSPS) is 12.4. The van der Waals surface area contributed by atoms with Gasteiger partial charge in [-0.1, -0.05) is 13.0 Å². The molecule has 4 heteroatoms. The summed E-state index contributed by atoms with van der Waals surface area (Å²) in [5, 5.41) is 0. The Morgan fingerprint density at radius 2 is 2.22 bits per heavy atom. The predicted molar refractivity (Wildman–Crippen MR) is 74.7 cm³/mol. The van der Waals surface area contributed by atoms with E-state index in [1.165, 1.54) is 0 Å². The molecule has 1 unspecified atom stereocenters. The maximum Gasteiger partial charge on any atom is 0.133 e. The first kappa shape index (κ1) is 13.2. The molecule has 0 saturated carbocycles. The van der Waals surface area contributed by atoms with Crippen molar-refractivity contribution < 1.29 is 9.15 Å². The molecule has 1 aromatic heterocycles. The third kappa shape index (κ3) is 2.94. The minimum atomic E-state index is -0.253. The van der Waals surface area contributed by atoms with E-state index in [0.29, 0.717) is 6.61 Å². The summed E-state index contributed by atoms with van der Waals surface area (Å²) in [7, 11) is 0. The molecular weight excluding hydrogens is 294 g/mol. The summed E-state index contributed by atoms with van der Waals surface area (Å²) >= 11 is 3.50. The van der Waals surface area contributed by atoms with Crippen LogP contribution in [0, 0.1) is 0 Å². The van der Waals surface area contributed by atoms with Crippen LogP contribution in [0.15, 0.2) is 45.5 Å². The number of furan rings is 1. The molecule has 1 atom stereocenters. The molecular formula is C14H16BrNO2. The number of rotatable bonds is 5. The Labute approximate surface area is 115 Å². The second kappa shape index (κ2) is 6.07. The standard InChI is InChI=1S/C14H16BrNO2/c1-2-7-17-12-6-5-10(9-11(12)15)14(16)13-4-3-8-18-13/h3-6,8-9,14H,2,7,16H2,1H3. The van der Waals surface area contributed by atoms with Crippen molar-refractivity contribution in [3.8, 4) is 5.75 Å². The average molecular weight is 310 g/mol. The molecule has 0 radical (unpaired) electrons. The number of benzene rings is 1. The predicted octanol–water partition coefficient (Wildman–Crippen LogP) is 3.88. The first-order valence-electron chi connectivity index (χ1n) is 5.93. The first-order chi connectivity index (χ1) is 8.72. The average Bonchev–Trinajstić information content (AvgIpc) is 2.90. The molecule has 1 aromatic carbocycles. The summed E-state index contributed by atoms with van der Waals surface area (Å²) in [4.78, 5) is 0. The minimum Gasteiger partial charge on any atom is -0.492 e. The molecule has 0 aliphatic heterocycles. The van der Waals surface area contributed by atoms with Gasteiger partial charge in [0.15, 0.2) is 0 Å².